The third-order valence-electron chi connectivity index (χ3n) is 6.14. The summed E-state index contributed by atoms with van der Waals surface area (Å²) in [6.45, 7) is 12.0. The van der Waals surface area contributed by atoms with Gasteiger partial charge in [-0.2, -0.15) is 5.10 Å². The summed E-state index contributed by atoms with van der Waals surface area (Å²) in [5.74, 6) is 0.887. The number of ether oxygens (including phenoxy) is 1. The van der Waals surface area contributed by atoms with Crippen LogP contribution in [0, 0.1) is 5.92 Å². The van der Waals surface area contributed by atoms with Crippen LogP contribution in [0.3, 0.4) is 0 Å². The number of nitrogens with zero attached hydrogens (tertiary/aromatic N) is 5. The highest BCUT2D eigenvalue weighted by atomic mass is 16.6. The highest BCUT2D eigenvalue weighted by Gasteiger charge is 2.30. The van der Waals surface area contributed by atoms with E-state index in [1.165, 1.54) is 4.68 Å². The first-order valence-corrected chi connectivity index (χ1v) is 12.0. The van der Waals surface area contributed by atoms with E-state index in [1.807, 2.05) is 39.5 Å². The number of amides is 2. The van der Waals surface area contributed by atoms with E-state index in [1.54, 1.807) is 9.47 Å². The number of hydrogen-bond donors (Lipinski definition) is 0. The molecule has 9 heteroatoms. The lowest BCUT2D eigenvalue weighted by atomic mass is 9.97. The molecule has 0 spiro atoms. The molecule has 0 radical (unpaired) electrons. The smallest absolute Gasteiger partial charge is 0.410 e. The lowest BCUT2D eigenvalue weighted by molar-refractivity contribution is -0.134. The van der Waals surface area contributed by atoms with Gasteiger partial charge in [0.05, 0.1) is 0 Å². The maximum Gasteiger partial charge on any atom is 0.410 e. The number of rotatable bonds is 5. The van der Waals surface area contributed by atoms with Crippen molar-refractivity contribution in [3.8, 4) is 0 Å². The van der Waals surface area contributed by atoms with Crippen molar-refractivity contribution >= 4 is 12.0 Å². The fourth-order valence-electron chi connectivity index (χ4n) is 4.49. The summed E-state index contributed by atoms with van der Waals surface area (Å²) in [5.41, 5.74) is -0.728. The molecule has 32 heavy (non-hydrogen) atoms. The average Bonchev–Trinajstić information content (AvgIpc) is 2.87. The zero-order valence-corrected chi connectivity index (χ0v) is 20.3. The summed E-state index contributed by atoms with van der Waals surface area (Å²) in [4.78, 5) is 41.9. The second kappa shape index (κ2) is 10.1. The Morgan fingerprint density at radius 1 is 1.16 bits per heavy atom. The van der Waals surface area contributed by atoms with Gasteiger partial charge < -0.3 is 14.5 Å². The van der Waals surface area contributed by atoms with Gasteiger partial charge in [-0.3, -0.25) is 9.36 Å². The van der Waals surface area contributed by atoms with Crippen LogP contribution < -0.4 is 5.69 Å². The third-order valence-corrected chi connectivity index (χ3v) is 6.14. The highest BCUT2D eigenvalue weighted by Crippen LogP contribution is 2.21. The van der Waals surface area contributed by atoms with E-state index in [4.69, 9.17) is 4.74 Å². The molecule has 2 aliphatic heterocycles. The lowest BCUT2D eigenvalue weighted by Crippen LogP contribution is -2.49. The van der Waals surface area contributed by atoms with E-state index in [0.29, 0.717) is 26.2 Å². The molecule has 1 fully saturated rings. The molecule has 0 aromatic carbocycles. The van der Waals surface area contributed by atoms with Crippen LogP contribution >= 0.6 is 0 Å². The van der Waals surface area contributed by atoms with Crippen LogP contribution in [-0.2, 0) is 29.0 Å². The Balaban J connectivity index is 1.62. The van der Waals surface area contributed by atoms with Gasteiger partial charge in [0.15, 0.2) is 0 Å². The number of aryl methyl sites for hydroxylation is 1. The molecular formula is C23H39N5O4. The first-order chi connectivity index (χ1) is 15.0. The summed E-state index contributed by atoms with van der Waals surface area (Å²) in [6.07, 6.45) is 5.42. The maximum atomic E-state index is 13.0. The summed E-state index contributed by atoms with van der Waals surface area (Å²) >= 11 is 0. The fraction of sp³-hybridized carbons (Fsp3) is 0.826. The minimum atomic E-state index is -0.547. The van der Waals surface area contributed by atoms with Crippen molar-refractivity contribution in [3.63, 3.8) is 0 Å². The van der Waals surface area contributed by atoms with Crippen molar-refractivity contribution in [1.82, 2.24) is 24.1 Å². The quantitative estimate of drug-likeness (QED) is 0.689. The molecule has 0 bridgehead atoms. The van der Waals surface area contributed by atoms with Gasteiger partial charge in [0, 0.05) is 38.6 Å². The number of fused-ring (bicyclic) bond motifs is 1. The monoisotopic (exact) mass is 449 g/mol. The number of piperidine rings is 1. The van der Waals surface area contributed by atoms with Crippen LogP contribution in [0.25, 0.3) is 0 Å². The number of carbonyl (C=O) groups is 2. The van der Waals surface area contributed by atoms with Gasteiger partial charge in [-0.05, 0) is 66.2 Å². The molecule has 1 saturated heterocycles. The molecule has 180 valence electrons. The Morgan fingerprint density at radius 3 is 2.59 bits per heavy atom. The molecule has 0 N–H and O–H groups in total. The van der Waals surface area contributed by atoms with Crippen LogP contribution in [-0.4, -0.2) is 67.4 Å². The Labute approximate surface area is 190 Å². The lowest BCUT2D eigenvalue weighted by Gasteiger charge is -2.37. The second-order valence-corrected chi connectivity index (χ2v) is 10.4. The third kappa shape index (κ3) is 6.13. The SMILES string of the molecule is CC(C)N(CC1CCCN(C(=O)Cn2nc3n(c2=O)CCCCC3)C1)C(=O)OC(C)(C)C. The van der Waals surface area contributed by atoms with Gasteiger partial charge in [-0.25, -0.2) is 14.3 Å². The van der Waals surface area contributed by atoms with Crippen molar-refractivity contribution in [3.05, 3.63) is 16.3 Å². The number of hydrogen-bond acceptors (Lipinski definition) is 5. The highest BCUT2D eigenvalue weighted by molar-refractivity contribution is 5.76. The Kier molecular flexibility index (Phi) is 7.67. The molecule has 9 nitrogen and oxygen atoms in total. The van der Waals surface area contributed by atoms with E-state index in [0.717, 1.165) is 44.3 Å². The molecule has 3 heterocycles. The zero-order chi connectivity index (χ0) is 23.5. The van der Waals surface area contributed by atoms with E-state index < -0.39 is 5.60 Å². The van der Waals surface area contributed by atoms with E-state index in [2.05, 4.69) is 5.10 Å². The van der Waals surface area contributed by atoms with Gasteiger partial charge in [-0.1, -0.05) is 6.42 Å². The van der Waals surface area contributed by atoms with Gasteiger partial charge >= 0.3 is 11.8 Å². The molecule has 0 aliphatic carbocycles. The second-order valence-electron chi connectivity index (χ2n) is 10.4. The Hall–Kier alpha value is -2.32. The molecule has 1 aromatic heterocycles. The fourth-order valence-corrected chi connectivity index (χ4v) is 4.49. The van der Waals surface area contributed by atoms with Gasteiger partial charge in [0.2, 0.25) is 5.91 Å². The number of likely N-dealkylation sites (tertiary alicyclic amines) is 1. The largest absolute Gasteiger partial charge is 0.444 e. The summed E-state index contributed by atoms with van der Waals surface area (Å²) < 4.78 is 8.63. The average molecular weight is 450 g/mol. The normalized spacial score (nSPS) is 19.4. The van der Waals surface area contributed by atoms with Crippen LogP contribution in [0.1, 0.15) is 72.5 Å². The first kappa shape index (κ1) is 24.3. The van der Waals surface area contributed by atoms with E-state index >= 15 is 0 Å². The van der Waals surface area contributed by atoms with Crippen LogP contribution in [0.15, 0.2) is 4.79 Å². The predicted molar refractivity (Wildman–Crippen MR) is 121 cm³/mol. The Morgan fingerprint density at radius 2 is 1.91 bits per heavy atom. The summed E-state index contributed by atoms with van der Waals surface area (Å²) in [7, 11) is 0. The van der Waals surface area contributed by atoms with Crippen molar-refractivity contribution in [2.45, 2.75) is 97.9 Å². The maximum absolute atomic E-state index is 13.0. The van der Waals surface area contributed by atoms with Crippen LogP contribution in [0.5, 0.6) is 0 Å². The van der Waals surface area contributed by atoms with Crippen molar-refractivity contribution < 1.29 is 14.3 Å². The van der Waals surface area contributed by atoms with Crippen molar-refractivity contribution in [2.24, 2.45) is 5.92 Å². The van der Waals surface area contributed by atoms with E-state index in [-0.39, 0.29) is 36.2 Å². The topological polar surface area (TPSA) is 89.7 Å². The van der Waals surface area contributed by atoms with Crippen molar-refractivity contribution in [2.75, 3.05) is 19.6 Å². The van der Waals surface area contributed by atoms with Crippen LogP contribution in [0.2, 0.25) is 0 Å². The molecule has 2 aliphatic rings. The molecule has 2 amide bonds. The van der Waals surface area contributed by atoms with Gasteiger partial charge in [0.1, 0.15) is 18.0 Å². The molecule has 1 atom stereocenters. The summed E-state index contributed by atoms with van der Waals surface area (Å²) in [6, 6.07) is 0.00968. The molecule has 3 rings (SSSR count). The molecule has 1 unspecified atom stereocenters. The zero-order valence-electron chi connectivity index (χ0n) is 20.3. The van der Waals surface area contributed by atoms with Gasteiger partial charge in [0.25, 0.3) is 0 Å². The van der Waals surface area contributed by atoms with E-state index in [9.17, 15) is 14.4 Å². The van der Waals surface area contributed by atoms with Crippen LogP contribution in [0.4, 0.5) is 4.79 Å². The number of carbonyl (C=O) groups excluding carboxylic acids is 2. The summed E-state index contributed by atoms with van der Waals surface area (Å²) in [5, 5.41) is 4.44. The molecule has 1 aromatic rings. The minimum Gasteiger partial charge on any atom is -0.444 e. The number of aromatic nitrogens is 3. The molecular weight excluding hydrogens is 410 g/mol. The van der Waals surface area contributed by atoms with Gasteiger partial charge in [-0.15, -0.1) is 0 Å². The standard InChI is InChI=1S/C23H39N5O4/c1-17(2)27(22(31)32-23(3,4)5)15-18-10-9-12-25(14-18)20(29)16-28-21(30)26-13-8-6-7-11-19(26)24-28/h17-18H,6-16H2,1-5H3. The molecule has 0 saturated carbocycles. The predicted octanol–water partition coefficient (Wildman–Crippen LogP) is 2.66. The minimum absolute atomic E-state index is 0.00968. The first-order valence-electron chi connectivity index (χ1n) is 12.0. The Bertz CT molecular complexity index is 867. The van der Waals surface area contributed by atoms with Crippen molar-refractivity contribution in [1.29, 1.82) is 0 Å².